The highest BCUT2D eigenvalue weighted by atomic mass is 32.2. The van der Waals surface area contributed by atoms with E-state index in [2.05, 4.69) is 0 Å². The van der Waals surface area contributed by atoms with Gasteiger partial charge in [-0.25, -0.2) is 4.21 Å². The molecule has 11 heavy (non-hydrogen) atoms. The van der Waals surface area contributed by atoms with Crippen LogP contribution in [0.2, 0.25) is 0 Å². The summed E-state index contributed by atoms with van der Waals surface area (Å²) in [5, 5.41) is -1.05. The number of carbonyl (C=O) groups is 2. The predicted molar refractivity (Wildman–Crippen MR) is 37.0 cm³/mol. The molecule has 1 aliphatic rings. The molecule has 0 aliphatic carbocycles. The molecule has 0 aromatic heterocycles. The Morgan fingerprint density at radius 1 is 1.64 bits per heavy atom. The van der Waals surface area contributed by atoms with Gasteiger partial charge in [-0.05, 0) is 0 Å². The standard InChI is InChI=1S/C5H7NO4S/c1-6-4(7)2-3(5(6)8)11(9)10/h3H,2H2,1H3,(H,9,10). The third-order valence-corrected chi connectivity index (χ3v) is 2.44. The van der Waals surface area contributed by atoms with Crippen molar-refractivity contribution in [3.8, 4) is 0 Å². The number of hydrogen-bond donors (Lipinski definition) is 1. The van der Waals surface area contributed by atoms with Crippen molar-refractivity contribution in [2.75, 3.05) is 7.05 Å². The maximum absolute atomic E-state index is 10.9. The van der Waals surface area contributed by atoms with E-state index in [0.717, 1.165) is 4.90 Å². The van der Waals surface area contributed by atoms with Gasteiger partial charge < -0.3 is 4.55 Å². The van der Waals surface area contributed by atoms with E-state index in [9.17, 15) is 13.8 Å². The Kier molecular flexibility index (Phi) is 2.05. The molecule has 0 bridgehead atoms. The van der Waals surface area contributed by atoms with Gasteiger partial charge >= 0.3 is 0 Å². The molecule has 2 unspecified atom stereocenters. The summed E-state index contributed by atoms with van der Waals surface area (Å²) in [5.74, 6) is -0.974. The molecule has 1 fully saturated rings. The fourth-order valence-electron chi connectivity index (χ4n) is 0.879. The van der Waals surface area contributed by atoms with Gasteiger partial charge in [0.15, 0.2) is 11.1 Å². The largest absolute Gasteiger partial charge is 0.305 e. The second-order valence-electron chi connectivity index (χ2n) is 2.26. The van der Waals surface area contributed by atoms with Crippen molar-refractivity contribution < 1.29 is 18.4 Å². The zero-order valence-corrected chi connectivity index (χ0v) is 6.63. The van der Waals surface area contributed by atoms with Crippen LogP contribution in [0.3, 0.4) is 0 Å². The quantitative estimate of drug-likeness (QED) is 0.410. The van der Waals surface area contributed by atoms with Crippen LogP contribution in [0.1, 0.15) is 6.42 Å². The number of amides is 2. The SMILES string of the molecule is CN1C(=O)CC(S(=O)O)C1=O. The van der Waals surface area contributed by atoms with Crippen LogP contribution < -0.4 is 0 Å². The molecule has 1 rings (SSSR count). The Labute approximate surface area is 65.7 Å². The molecule has 5 nitrogen and oxygen atoms in total. The summed E-state index contributed by atoms with van der Waals surface area (Å²) in [6.45, 7) is 0. The number of imide groups is 1. The molecule has 0 radical (unpaired) electrons. The van der Waals surface area contributed by atoms with Crippen LogP contribution in [0.4, 0.5) is 0 Å². The highest BCUT2D eigenvalue weighted by Gasteiger charge is 2.39. The van der Waals surface area contributed by atoms with E-state index < -0.39 is 28.1 Å². The lowest BCUT2D eigenvalue weighted by Gasteiger charge is -2.04. The van der Waals surface area contributed by atoms with Crippen molar-refractivity contribution in [2.24, 2.45) is 0 Å². The Bertz CT molecular complexity index is 239. The molecule has 1 heterocycles. The van der Waals surface area contributed by atoms with Crippen molar-refractivity contribution in [1.82, 2.24) is 4.90 Å². The molecular formula is C5H7NO4S. The van der Waals surface area contributed by atoms with E-state index in [4.69, 9.17) is 4.55 Å². The van der Waals surface area contributed by atoms with Gasteiger partial charge in [0, 0.05) is 7.05 Å². The van der Waals surface area contributed by atoms with Gasteiger partial charge in [0.25, 0.3) is 0 Å². The molecule has 0 aromatic rings. The van der Waals surface area contributed by atoms with Gasteiger partial charge in [-0.3, -0.25) is 14.5 Å². The van der Waals surface area contributed by atoms with Gasteiger partial charge in [0.2, 0.25) is 11.8 Å². The Morgan fingerprint density at radius 2 is 2.18 bits per heavy atom. The van der Waals surface area contributed by atoms with Crippen LogP contribution >= 0.6 is 0 Å². The number of carbonyl (C=O) groups excluding carboxylic acids is 2. The van der Waals surface area contributed by atoms with Crippen molar-refractivity contribution in [3.63, 3.8) is 0 Å². The minimum atomic E-state index is -2.22. The monoisotopic (exact) mass is 177 g/mol. The molecule has 1 saturated heterocycles. The lowest BCUT2D eigenvalue weighted by Crippen LogP contribution is -2.29. The summed E-state index contributed by atoms with van der Waals surface area (Å²) in [4.78, 5) is 22.5. The predicted octanol–water partition coefficient (Wildman–Crippen LogP) is -1.03. The van der Waals surface area contributed by atoms with E-state index in [1.807, 2.05) is 0 Å². The summed E-state index contributed by atoms with van der Waals surface area (Å²) >= 11 is -2.22. The van der Waals surface area contributed by atoms with Crippen molar-refractivity contribution in [1.29, 1.82) is 0 Å². The minimum Gasteiger partial charge on any atom is -0.305 e. The van der Waals surface area contributed by atoms with E-state index >= 15 is 0 Å². The van der Waals surface area contributed by atoms with Gasteiger partial charge in [-0.1, -0.05) is 0 Å². The number of nitrogens with zero attached hydrogens (tertiary/aromatic N) is 1. The lowest BCUT2D eigenvalue weighted by atomic mass is 10.4. The van der Waals surface area contributed by atoms with Crippen LogP contribution in [-0.4, -0.2) is 37.8 Å². The Hall–Kier alpha value is -0.750. The minimum absolute atomic E-state index is 0.154. The second kappa shape index (κ2) is 2.71. The maximum Gasteiger partial charge on any atom is 0.247 e. The molecule has 6 heteroatoms. The Balaban J connectivity index is 2.83. The molecular weight excluding hydrogens is 170 g/mol. The van der Waals surface area contributed by atoms with Crippen LogP contribution in [-0.2, 0) is 20.7 Å². The molecule has 62 valence electrons. The van der Waals surface area contributed by atoms with E-state index in [0.29, 0.717) is 0 Å². The normalized spacial score (nSPS) is 27.8. The fourth-order valence-corrected chi connectivity index (χ4v) is 1.50. The zero-order valence-electron chi connectivity index (χ0n) is 5.81. The van der Waals surface area contributed by atoms with Gasteiger partial charge in [-0.15, -0.1) is 0 Å². The van der Waals surface area contributed by atoms with Gasteiger partial charge in [0.1, 0.15) is 5.25 Å². The highest BCUT2D eigenvalue weighted by molar-refractivity contribution is 7.80. The van der Waals surface area contributed by atoms with Gasteiger partial charge in [-0.2, -0.15) is 0 Å². The summed E-state index contributed by atoms with van der Waals surface area (Å²) in [6, 6.07) is 0. The molecule has 1 aliphatic heterocycles. The number of rotatable bonds is 1. The Morgan fingerprint density at radius 3 is 2.36 bits per heavy atom. The van der Waals surface area contributed by atoms with E-state index in [-0.39, 0.29) is 6.42 Å². The van der Waals surface area contributed by atoms with Crippen molar-refractivity contribution in [2.45, 2.75) is 11.7 Å². The van der Waals surface area contributed by atoms with Crippen LogP contribution in [0.25, 0.3) is 0 Å². The number of likely N-dealkylation sites (tertiary alicyclic amines) is 1. The van der Waals surface area contributed by atoms with Crippen molar-refractivity contribution in [3.05, 3.63) is 0 Å². The van der Waals surface area contributed by atoms with E-state index in [1.54, 1.807) is 0 Å². The molecule has 0 saturated carbocycles. The molecule has 1 N–H and O–H groups in total. The number of hydrogen-bond acceptors (Lipinski definition) is 3. The average molecular weight is 177 g/mol. The summed E-state index contributed by atoms with van der Waals surface area (Å²) < 4.78 is 18.9. The van der Waals surface area contributed by atoms with Crippen molar-refractivity contribution >= 4 is 22.9 Å². The van der Waals surface area contributed by atoms with Crippen LogP contribution in [0, 0.1) is 0 Å². The molecule has 0 spiro atoms. The molecule has 0 aromatic carbocycles. The smallest absolute Gasteiger partial charge is 0.247 e. The topological polar surface area (TPSA) is 74.7 Å². The summed E-state index contributed by atoms with van der Waals surface area (Å²) in [7, 11) is 1.30. The summed E-state index contributed by atoms with van der Waals surface area (Å²) in [6.07, 6.45) is -0.154. The van der Waals surface area contributed by atoms with Crippen LogP contribution in [0.15, 0.2) is 0 Å². The second-order valence-corrected chi connectivity index (χ2v) is 3.38. The first-order chi connectivity index (χ1) is 5.04. The zero-order chi connectivity index (χ0) is 8.59. The lowest BCUT2D eigenvalue weighted by molar-refractivity contribution is -0.136. The maximum atomic E-state index is 10.9. The first-order valence-electron chi connectivity index (χ1n) is 2.94. The highest BCUT2D eigenvalue weighted by Crippen LogP contribution is 2.14. The fraction of sp³-hybridized carbons (Fsp3) is 0.600. The summed E-state index contributed by atoms with van der Waals surface area (Å²) in [5.41, 5.74) is 0. The third kappa shape index (κ3) is 1.31. The third-order valence-electron chi connectivity index (χ3n) is 1.58. The van der Waals surface area contributed by atoms with Crippen LogP contribution in [0.5, 0.6) is 0 Å². The molecule has 2 atom stereocenters. The average Bonchev–Trinajstić information content (AvgIpc) is 2.17. The van der Waals surface area contributed by atoms with E-state index in [1.165, 1.54) is 7.05 Å². The first-order valence-corrected chi connectivity index (χ1v) is 4.11. The molecule has 2 amide bonds. The first kappa shape index (κ1) is 8.35. The van der Waals surface area contributed by atoms with Gasteiger partial charge in [0.05, 0.1) is 6.42 Å².